The van der Waals surface area contributed by atoms with Gasteiger partial charge in [0.15, 0.2) is 0 Å². The van der Waals surface area contributed by atoms with Gasteiger partial charge in [0, 0.05) is 0 Å². The van der Waals surface area contributed by atoms with E-state index in [0.29, 0.717) is 0 Å². The van der Waals surface area contributed by atoms with Crippen molar-refractivity contribution in [1.82, 2.24) is 5.32 Å². The van der Waals surface area contributed by atoms with E-state index in [2.05, 4.69) is 9.71 Å². The van der Waals surface area contributed by atoms with E-state index in [1.54, 1.807) is 41.5 Å². The van der Waals surface area contributed by atoms with Crippen LogP contribution in [-0.2, 0) is 20.5 Å². The molecule has 1 amide bonds. The summed E-state index contributed by atoms with van der Waals surface area (Å²) in [6.45, 7) is 10.7. The molecule has 27 heavy (non-hydrogen) atoms. The Bertz CT molecular complexity index is 681. The molecule has 0 aromatic heterocycles. The number of alkyl carbamates (subject to hydrolysis) is 1. The molecule has 0 radical (unpaired) electrons. The van der Waals surface area contributed by atoms with Gasteiger partial charge in [-0.2, -0.15) is 4.40 Å². The quantitative estimate of drug-likeness (QED) is 0.439. The van der Waals surface area contributed by atoms with Crippen molar-refractivity contribution < 1.29 is 18.5 Å². The highest BCUT2D eigenvalue weighted by atomic mass is 35.5. The summed E-state index contributed by atoms with van der Waals surface area (Å²) < 4.78 is 26.6. The largest absolute Gasteiger partial charge is 0.483 e. The Labute approximate surface area is 169 Å². The Morgan fingerprint density at radius 3 is 2.15 bits per heavy atom. The number of ether oxygens (including phenoxy) is 2. The second-order valence-electron chi connectivity index (χ2n) is 7.93. The molecule has 0 unspecified atom stereocenters. The summed E-state index contributed by atoms with van der Waals surface area (Å²) in [7, 11) is -0.148. The summed E-state index contributed by atoms with van der Waals surface area (Å²) in [5.41, 5.74) is 0.0913. The lowest BCUT2D eigenvalue weighted by molar-refractivity contribution is 0.0505. The molecule has 0 fully saturated rings. The van der Waals surface area contributed by atoms with Crippen LogP contribution < -0.4 is 5.32 Å². The highest BCUT2D eigenvalue weighted by Crippen LogP contribution is 2.25. The Balaban J connectivity index is 3.19. The van der Waals surface area contributed by atoms with E-state index in [4.69, 9.17) is 21.1 Å². The molecule has 0 bridgehead atoms. The summed E-state index contributed by atoms with van der Waals surface area (Å²) in [5, 5.41) is 1.89. The summed E-state index contributed by atoms with van der Waals surface area (Å²) in [4.78, 5) is 12.3. The summed E-state index contributed by atoms with van der Waals surface area (Å²) >= 11 is 6.60. The van der Waals surface area contributed by atoms with Gasteiger partial charge >= 0.3 is 6.09 Å². The summed E-state index contributed by atoms with van der Waals surface area (Å²) in [6.07, 6.45) is -0.616. The Morgan fingerprint density at radius 1 is 1.15 bits per heavy atom. The molecule has 3 atom stereocenters. The van der Waals surface area contributed by atoms with Gasteiger partial charge in [0.2, 0.25) is 5.90 Å². The van der Waals surface area contributed by atoms with Crippen LogP contribution in [0, 0.1) is 0 Å². The van der Waals surface area contributed by atoms with Crippen LogP contribution in [-0.4, -0.2) is 39.0 Å². The molecule has 152 valence electrons. The third-order valence-electron chi connectivity index (χ3n) is 3.27. The second-order valence-corrected chi connectivity index (χ2v) is 10.3. The molecular formula is C19H29ClN2O4S. The minimum absolute atomic E-state index is 0.0786. The van der Waals surface area contributed by atoms with Crippen molar-refractivity contribution in [2.24, 2.45) is 4.40 Å². The monoisotopic (exact) mass is 416 g/mol. The molecule has 6 nitrogen and oxygen atoms in total. The third kappa shape index (κ3) is 7.89. The molecule has 0 spiro atoms. The van der Waals surface area contributed by atoms with Gasteiger partial charge in [0.05, 0.1) is 17.9 Å². The fraction of sp³-hybridized carbons (Fsp3) is 0.579. The summed E-state index contributed by atoms with van der Waals surface area (Å²) in [6, 6.07) is 8.49. The van der Waals surface area contributed by atoms with Crippen molar-refractivity contribution in [2.45, 2.75) is 63.3 Å². The fourth-order valence-electron chi connectivity index (χ4n) is 1.98. The van der Waals surface area contributed by atoms with Gasteiger partial charge in [-0.15, -0.1) is 11.6 Å². The first kappa shape index (κ1) is 23.4. The van der Waals surface area contributed by atoms with Crippen molar-refractivity contribution in [3.8, 4) is 0 Å². The van der Waals surface area contributed by atoms with E-state index in [9.17, 15) is 9.00 Å². The topological polar surface area (TPSA) is 77.0 Å². The summed E-state index contributed by atoms with van der Waals surface area (Å²) in [5.74, 6) is 0.0786. The lowest BCUT2D eigenvalue weighted by atomic mass is 10.0. The number of halogens is 1. The van der Waals surface area contributed by atoms with E-state index >= 15 is 0 Å². The van der Waals surface area contributed by atoms with Gasteiger partial charge in [0.1, 0.15) is 22.0 Å². The molecule has 0 heterocycles. The zero-order chi connectivity index (χ0) is 20.8. The van der Waals surface area contributed by atoms with Gasteiger partial charge in [-0.05, 0) is 47.1 Å². The molecule has 1 rings (SSSR count). The van der Waals surface area contributed by atoms with E-state index in [0.717, 1.165) is 5.56 Å². The minimum atomic E-state index is -1.55. The predicted molar refractivity (Wildman–Crippen MR) is 111 cm³/mol. The maximum Gasteiger partial charge on any atom is 0.408 e. The number of hydrogen-bond acceptors (Lipinski definition) is 4. The zero-order valence-corrected chi connectivity index (χ0v) is 18.5. The standard InChI is InChI=1S/C19H29ClN2O4S/c1-18(2,3)26-17(23)21-15(13-11-9-8-10-12-13)14(20)16(25-7)22-27(24)19(4,5)6/h8-12,14-15H,1-7H3,(H,21,23)/b22-16-/t14-,15-,27-/m1/s1. The van der Waals surface area contributed by atoms with E-state index < -0.39 is 38.8 Å². The van der Waals surface area contributed by atoms with E-state index in [-0.39, 0.29) is 5.90 Å². The van der Waals surface area contributed by atoms with E-state index in [1.165, 1.54) is 7.11 Å². The molecule has 0 saturated carbocycles. The first-order valence-corrected chi connectivity index (χ1v) is 10.1. The average molecular weight is 417 g/mol. The van der Waals surface area contributed by atoms with Crippen LogP contribution in [0.25, 0.3) is 0 Å². The number of hydrogen-bond donors (Lipinski definition) is 1. The minimum Gasteiger partial charge on any atom is -0.483 e. The van der Waals surface area contributed by atoms with Crippen LogP contribution in [0.4, 0.5) is 4.79 Å². The zero-order valence-electron chi connectivity index (χ0n) is 16.9. The van der Waals surface area contributed by atoms with Crippen LogP contribution in [0.2, 0.25) is 0 Å². The van der Waals surface area contributed by atoms with Gasteiger partial charge in [0.25, 0.3) is 0 Å². The van der Waals surface area contributed by atoms with Gasteiger partial charge in [-0.3, -0.25) is 0 Å². The predicted octanol–water partition coefficient (Wildman–Crippen LogP) is 4.37. The number of alkyl halides is 1. The Morgan fingerprint density at radius 2 is 1.70 bits per heavy atom. The highest BCUT2D eigenvalue weighted by molar-refractivity contribution is 7.85. The number of amides is 1. The molecule has 0 aliphatic rings. The molecule has 1 N–H and O–H groups in total. The number of nitrogens with zero attached hydrogens (tertiary/aromatic N) is 1. The molecule has 0 saturated heterocycles. The van der Waals surface area contributed by atoms with Crippen molar-refractivity contribution in [1.29, 1.82) is 0 Å². The van der Waals surface area contributed by atoms with Crippen LogP contribution in [0.5, 0.6) is 0 Å². The molecule has 1 aromatic carbocycles. The molecular weight excluding hydrogens is 388 g/mol. The van der Waals surface area contributed by atoms with Crippen molar-refractivity contribution in [3.63, 3.8) is 0 Å². The number of methoxy groups -OCH3 is 1. The van der Waals surface area contributed by atoms with Gasteiger partial charge in [-0.1, -0.05) is 30.3 Å². The fourth-order valence-corrected chi connectivity index (χ4v) is 3.01. The number of benzene rings is 1. The van der Waals surface area contributed by atoms with Crippen LogP contribution in [0.1, 0.15) is 53.1 Å². The Hall–Kier alpha value is -1.60. The van der Waals surface area contributed by atoms with Gasteiger partial charge in [-0.25, -0.2) is 9.00 Å². The first-order valence-electron chi connectivity index (χ1n) is 8.58. The maximum atomic E-state index is 12.4. The van der Waals surface area contributed by atoms with Crippen molar-refractivity contribution >= 4 is 34.6 Å². The van der Waals surface area contributed by atoms with Crippen LogP contribution in [0.3, 0.4) is 0 Å². The van der Waals surface area contributed by atoms with Crippen LogP contribution >= 0.6 is 11.6 Å². The lowest BCUT2D eigenvalue weighted by Gasteiger charge is -2.27. The lowest BCUT2D eigenvalue weighted by Crippen LogP contribution is -2.41. The second kappa shape index (κ2) is 9.55. The third-order valence-corrected chi connectivity index (χ3v) is 5.10. The van der Waals surface area contributed by atoms with Gasteiger partial charge < -0.3 is 14.8 Å². The molecule has 0 aliphatic carbocycles. The highest BCUT2D eigenvalue weighted by Gasteiger charge is 2.32. The molecule has 0 aliphatic heterocycles. The maximum absolute atomic E-state index is 12.4. The number of carbonyl (C=O) groups excluding carboxylic acids is 1. The van der Waals surface area contributed by atoms with Crippen LogP contribution in [0.15, 0.2) is 34.7 Å². The Kier molecular flexibility index (Phi) is 8.29. The van der Waals surface area contributed by atoms with Crippen molar-refractivity contribution in [3.05, 3.63) is 35.9 Å². The smallest absolute Gasteiger partial charge is 0.408 e. The molecule has 1 aromatic rings. The first-order chi connectivity index (χ1) is 12.3. The average Bonchev–Trinajstić information content (AvgIpc) is 2.55. The number of nitrogens with one attached hydrogen (secondary N) is 1. The SMILES string of the molecule is CO/C(=N\[S@](=O)C(C)(C)C)[C@H](Cl)[C@H](NC(=O)OC(C)(C)C)c1ccccc1. The van der Waals surface area contributed by atoms with E-state index in [1.807, 2.05) is 30.3 Å². The van der Waals surface area contributed by atoms with Crippen molar-refractivity contribution in [2.75, 3.05) is 7.11 Å². The number of carbonyl (C=O) groups is 1. The molecule has 8 heteroatoms. The normalized spacial score (nSPS) is 16.2. The number of rotatable bonds is 5.